The Hall–Kier alpha value is -2.63. The van der Waals surface area contributed by atoms with E-state index in [2.05, 4.69) is 0 Å². The second kappa shape index (κ2) is 4.44. The Labute approximate surface area is 121 Å². The van der Waals surface area contributed by atoms with Crippen molar-refractivity contribution in [3.8, 4) is 0 Å². The molecule has 2 aliphatic heterocycles. The fraction of sp³-hybridized carbons (Fsp3) is 0.267. The molecule has 6 heteroatoms. The number of benzene rings is 1. The van der Waals surface area contributed by atoms with Crippen molar-refractivity contribution in [1.29, 1.82) is 0 Å². The molecule has 0 aromatic heterocycles. The summed E-state index contributed by atoms with van der Waals surface area (Å²) >= 11 is 0. The molecule has 2 heterocycles. The third kappa shape index (κ3) is 1.75. The van der Waals surface area contributed by atoms with E-state index in [0.29, 0.717) is 11.1 Å². The number of esters is 1. The van der Waals surface area contributed by atoms with Gasteiger partial charge in [0.2, 0.25) is 0 Å². The lowest BCUT2D eigenvalue weighted by atomic mass is 9.89. The molecule has 0 fully saturated rings. The van der Waals surface area contributed by atoms with E-state index in [1.165, 1.54) is 13.2 Å². The molecule has 1 aromatic carbocycles. The highest BCUT2D eigenvalue weighted by atomic mass is 16.6. The Balaban J connectivity index is 2.17. The monoisotopic (exact) mass is 286 g/mol. The molecule has 6 nitrogen and oxygen atoms in total. The molecule has 0 aliphatic carbocycles. The van der Waals surface area contributed by atoms with E-state index >= 15 is 0 Å². The molecule has 1 unspecified atom stereocenters. The van der Waals surface area contributed by atoms with E-state index in [9.17, 15) is 14.9 Å². The van der Waals surface area contributed by atoms with E-state index in [1.807, 2.05) is 18.7 Å². The number of nitro benzene ring substituents is 1. The molecular weight excluding hydrogens is 272 g/mol. The topological polar surface area (TPSA) is 72.5 Å². The van der Waals surface area contributed by atoms with Gasteiger partial charge in [0.1, 0.15) is 0 Å². The lowest BCUT2D eigenvalue weighted by molar-refractivity contribution is -0.385. The maximum absolute atomic E-state index is 12.1. The van der Waals surface area contributed by atoms with Gasteiger partial charge in [-0.1, -0.05) is 18.2 Å². The third-order valence-corrected chi connectivity index (χ3v) is 4.03. The molecular formula is C15H14N2O4. The fourth-order valence-corrected chi connectivity index (χ4v) is 3.08. The predicted molar refractivity (Wildman–Crippen MR) is 75.1 cm³/mol. The summed E-state index contributed by atoms with van der Waals surface area (Å²) in [5, 5.41) is 11.3. The van der Waals surface area contributed by atoms with E-state index in [0.717, 1.165) is 17.1 Å². The van der Waals surface area contributed by atoms with Crippen molar-refractivity contribution in [2.75, 3.05) is 7.11 Å². The van der Waals surface area contributed by atoms with Crippen LogP contribution in [0.25, 0.3) is 0 Å². The SMILES string of the molecule is COC(=O)C1=C(C)N2C(C)=C2C1c1ccccc1[N+](=O)[O-]. The summed E-state index contributed by atoms with van der Waals surface area (Å²) < 4.78 is 4.84. The zero-order chi connectivity index (χ0) is 15.3. The summed E-state index contributed by atoms with van der Waals surface area (Å²) in [6, 6.07) is 6.52. The van der Waals surface area contributed by atoms with Crippen molar-refractivity contribution >= 4 is 11.7 Å². The molecule has 0 N–H and O–H groups in total. The number of hydrogen-bond acceptors (Lipinski definition) is 5. The molecule has 0 spiro atoms. The number of rotatable bonds is 3. The van der Waals surface area contributed by atoms with Crippen LogP contribution in [0.4, 0.5) is 5.69 Å². The Morgan fingerprint density at radius 2 is 1.95 bits per heavy atom. The molecule has 0 saturated heterocycles. The molecule has 0 bridgehead atoms. The van der Waals surface area contributed by atoms with Gasteiger partial charge in [-0.25, -0.2) is 4.79 Å². The maximum Gasteiger partial charge on any atom is 0.336 e. The average Bonchev–Trinajstić information content (AvgIpc) is 3.02. The minimum atomic E-state index is -0.442. The van der Waals surface area contributed by atoms with Gasteiger partial charge in [-0.3, -0.25) is 10.1 Å². The van der Waals surface area contributed by atoms with Crippen molar-refractivity contribution in [1.82, 2.24) is 4.90 Å². The van der Waals surface area contributed by atoms with Crippen LogP contribution < -0.4 is 0 Å². The number of ether oxygens (including phenoxy) is 1. The van der Waals surface area contributed by atoms with Crippen LogP contribution in [-0.4, -0.2) is 22.9 Å². The van der Waals surface area contributed by atoms with Gasteiger partial charge in [0.05, 0.1) is 29.2 Å². The molecule has 108 valence electrons. The van der Waals surface area contributed by atoms with Gasteiger partial charge in [0.25, 0.3) is 5.69 Å². The highest BCUT2D eigenvalue weighted by Gasteiger charge is 2.51. The van der Waals surface area contributed by atoms with Crippen molar-refractivity contribution in [2.45, 2.75) is 19.8 Å². The van der Waals surface area contributed by atoms with Crippen LogP contribution in [0.15, 0.2) is 46.9 Å². The quantitative estimate of drug-likeness (QED) is 0.485. The van der Waals surface area contributed by atoms with Gasteiger partial charge in [-0.05, 0) is 13.8 Å². The van der Waals surface area contributed by atoms with Crippen molar-refractivity contribution in [3.05, 3.63) is 62.6 Å². The first-order valence-electron chi connectivity index (χ1n) is 6.52. The predicted octanol–water partition coefficient (Wildman–Crippen LogP) is 2.69. The van der Waals surface area contributed by atoms with E-state index < -0.39 is 16.8 Å². The lowest BCUT2D eigenvalue weighted by Crippen LogP contribution is -2.13. The highest BCUT2D eigenvalue weighted by molar-refractivity contribution is 5.94. The Morgan fingerprint density at radius 1 is 1.29 bits per heavy atom. The van der Waals surface area contributed by atoms with Crippen LogP contribution in [0, 0.1) is 10.1 Å². The fourth-order valence-electron chi connectivity index (χ4n) is 3.08. The number of carbonyl (C=O) groups excluding carboxylic acids is 1. The van der Waals surface area contributed by atoms with Crippen LogP contribution >= 0.6 is 0 Å². The second-order valence-electron chi connectivity index (χ2n) is 5.05. The molecule has 0 amide bonds. The summed E-state index contributed by atoms with van der Waals surface area (Å²) in [6.45, 7) is 3.77. The lowest BCUT2D eigenvalue weighted by Gasteiger charge is -2.13. The first kappa shape index (κ1) is 13.4. The minimum Gasteiger partial charge on any atom is -0.466 e. The molecule has 1 aromatic rings. The summed E-state index contributed by atoms with van der Waals surface area (Å²) in [4.78, 5) is 24.9. The molecule has 0 radical (unpaired) electrons. The third-order valence-electron chi connectivity index (χ3n) is 4.03. The minimum absolute atomic E-state index is 0.0192. The largest absolute Gasteiger partial charge is 0.466 e. The molecule has 21 heavy (non-hydrogen) atoms. The van der Waals surface area contributed by atoms with Crippen LogP contribution in [0.1, 0.15) is 25.3 Å². The van der Waals surface area contributed by atoms with E-state index in [1.54, 1.807) is 18.2 Å². The van der Waals surface area contributed by atoms with Gasteiger partial charge in [-0.2, -0.15) is 0 Å². The van der Waals surface area contributed by atoms with Crippen LogP contribution in [-0.2, 0) is 9.53 Å². The number of methoxy groups -OCH3 is 1. The number of nitro groups is 1. The van der Waals surface area contributed by atoms with Gasteiger partial charge >= 0.3 is 5.97 Å². The highest BCUT2D eigenvalue weighted by Crippen LogP contribution is 2.57. The Kier molecular flexibility index (Phi) is 2.83. The van der Waals surface area contributed by atoms with Gasteiger partial charge < -0.3 is 9.64 Å². The average molecular weight is 286 g/mol. The zero-order valence-electron chi connectivity index (χ0n) is 11.9. The molecule has 3 rings (SSSR count). The van der Waals surface area contributed by atoms with Crippen molar-refractivity contribution in [2.24, 2.45) is 0 Å². The summed E-state index contributed by atoms with van der Waals surface area (Å²) in [7, 11) is 1.32. The van der Waals surface area contributed by atoms with E-state index in [4.69, 9.17) is 4.74 Å². The molecule has 0 saturated carbocycles. The first-order valence-corrected chi connectivity index (χ1v) is 6.52. The smallest absolute Gasteiger partial charge is 0.336 e. The van der Waals surface area contributed by atoms with Gasteiger partial charge in [0, 0.05) is 23.0 Å². The van der Waals surface area contributed by atoms with Crippen LogP contribution in [0.3, 0.4) is 0 Å². The second-order valence-corrected chi connectivity index (χ2v) is 5.05. The standard InChI is InChI=1S/C15H14N2O4/c1-8-12(15(18)21-3)13(14-9(2)16(8)14)10-6-4-5-7-11(10)17(19)20/h4-7,13H,1-3H3. The van der Waals surface area contributed by atoms with E-state index in [-0.39, 0.29) is 5.69 Å². The van der Waals surface area contributed by atoms with Gasteiger partial charge in [-0.15, -0.1) is 0 Å². The zero-order valence-corrected chi connectivity index (χ0v) is 11.9. The molecule has 2 aliphatic rings. The van der Waals surface area contributed by atoms with Crippen LogP contribution in [0.5, 0.6) is 0 Å². The molecule has 1 atom stereocenters. The number of fused-ring (bicyclic) bond motifs is 1. The Morgan fingerprint density at radius 3 is 2.57 bits per heavy atom. The summed E-state index contributed by atoms with van der Waals surface area (Å²) in [5.74, 6) is -0.859. The summed E-state index contributed by atoms with van der Waals surface area (Å²) in [6.07, 6.45) is 0. The van der Waals surface area contributed by atoms with Crippen molar-refractivity contribution in [3.63, 3.8) is 0 Å². The van der Waals surface area contributed by atoms with Gasteiger partial charge in [0.15, 0.2) is 0 Å². The normalized spacial score (nSPS) is 19.8. The number of para-hydroxylation sites is 1. The number of allylic oxidation sites excluding steroid dienone is 3. The van der Waals surface area contributed by atoms with Crippen LogP contribution in [0.2, 0.25) is 0 Å². The maximum atomic E-state index is 12.1. The number of hydrogen-bond donors (Lipinski definition) is 0. The number of carbonyl (C=O) groups is 1. The summed E-state index contributed by atoms with van der Waals surface area (Å²) in [5.41, 5.74) is 3.80. The first-order chi connectivity index (χ1) is 9.99. The Bertz CT molecular complexity index is 733. The van der Waals surface area contributed by atoms with Crippen molar-refractivity contribution < 1.29 is 14.5 Å². The number of nitrogens with zero attached hydrogens (tertiary/aromatic N) is 2.